The van der Waals surface area contributed by atoms with Gasteiger partial charge in [0.05, 0.1) is 0 Å². The second-order valence-electron chi connectivity index (χ2n) is 9.55. The number of fused-ring (bicyclic) bond motifs is 2. The molecule has 4 atom stereocenters. The average Bonchev–Trinajstić information content (AvgIpc) is 2.90. The summed E-state index contributed by atoms with van der Waals surface area (Å²) in [5, 5.41) is 0. The lowest BCUT2D eigenvalue weighted by Gasteiger charge is -2.38. The molecule has 3 aliphatic rings. The van der Waals surface area contributed by atoms with Crippen LogP contribution in [0.5, 0.6) is 0 Å². The van der Waals surface area contributed by atoms with Gasteiger partial charge in [-0.3, -0.25) is 0 Å². The van der Waals surface area contributed by atoms with Crippen LogP contribution in [0, 0.1) is 0 Å². The van der Waals surface area contributed by atoms with E-state index in [2.05, 4.69) is 45.2 Å². The fourth-order valence-electron chi connectivity index (χ4n) is 3.05. The molecule has 4 unspecified atom stereocenters. The third-order valence-corrected chi connectivity index (χ3v) is 28.8. The summed E-state index contributed by atoms with van der Waals surface area (Å²) < 4.78 is 268. The van der Waals surface area contributed by atoms with Gasteiger partial charge >= 0.3 is 74.5 Å². The number of hydrogen-bond donors (Lipinski definition) is 0. The van der Waals surface area contributed by atoms with Crippen LogP contribution in [0.3, 0.4) is 0 Å². The second-order valence-corrected chi connectivity index (χ2v) is 32.5. The third-order valence-electron chi connectivity index (χ3n) is 5.58. The summed E-state index contributed by atoms with van der Waals surface area (Å²) in [4.78, 5) is 0. The molecule has 0 aliphatic carbocycles. The maximum absolute atomic E-state index is 14.6. The Morgan fingerprint density at radius 2 is 0.481 bits per heavy atom. The lowest BCUT2D eigenvalue weighted by Crippen LogP contribution is -2.64. The molecule has 0 spiro atoms. The molecule has 52 heavy (non-hydrogen) atoms. The summed E-state index contributed by atoms with van der Waals surface area (Å²) in [6.45, 7) is -34.7. The van der Waals surface area contributed by atoms with Crippen LogP contribution in [0.25, 0.3) is 0 Å². The van der Waals surface area contributed by atoms with Crippen LogP contribution in [0.1, 0.15) is 0 Å². The van der Waals surface area contributed by atoms with Gasteiger partial charge in [-0.2, -0.15) is 97.3 Å². The number of halogens is 24. The highest BCUT2D eigenvalue weighted by Crippen LogP contribution is 2.87. The number of nitrogens with zero attached hydrogens (tertiary/aromatic N) is 6. The lowest BCUT2D eigenvalue weighted by atomic mass is 9.99. The normalized spacial score (nSPS) is 40.2. The van der Waals surface area contributed by atoms with Crippen molar-refractivity contribution in [2.45, 2.75) is 47.4 Å². The van der Waals surface area contributed by atoms with Crippen LogP contribution in [-0.4, -0.2) is 73.8 Å². The van der Waals surface area contributed by atoms with E-state index in [1.165, 1.54) is 0 Å². The standard InChI is InChI=1S/C12H8Cl8F16N6O4P6/c13-47(14)37-49(17)41-50(18,38-47)44-3-7(25,26)11(33,34)12(35,36)8(27,28)4-46-52(20)40-48(15,16)39-51(19,42-52)45-2-6(23,24)10(31,32)9(29,30)5(21,22)1-43-49/h1-4H2. The molecule has 3 heterocycles. The average molecular weight is 1070 g/mol. The Morgan fingerprint density at radius 3 is 0.673 bits per heavy atom. The van der Waals surface area contributed by atoms with Gasteiger partial charge in [0.25, 0.3) is 11.8 Å². The molecule has 0 fully saturated rings. The summed E-state index contributed by atoms with van der Waals surface area (Å²) in [5.41, 5.74) is 0. The first-order chi connectivity index (χ1) is 22.6. The van der Waals surface area contributed by atoms with Gasteiger partial charge in [0.2, 0.25) is 0 Å². The predicted molar refractivity (Wildman–Crippen MR) is 166 cm³/mol. The molecule has 308 valence electrons. The molecule has 0 aromatic rings. The first kappa shape index (κ1) is 48.8. The van der Waals surface area contributed by atoms with Crippen molar-refractivity contribution >= 4 is 129 Å². The van der Waals surface area contributed by atoms with Gasteiger partial charge in [-0.1, -0.05) is 0 Å². The molecule has 0 saturated carbocycles. The SMILES string of the molecule is FC1(F)COP2(Cl)=NP(Cl)(Cl)=NP(Cl)(=N2)OCC(F)(F)C(F)(F)C(F)(F)C(F)(F)COP2(Cl)=NP(Cl)(=NP(Cl)(Cl)=N2)OCC(F)(F)C(F)(F)C1(F)F. The molecule has 3 aliphatic heterocycles. The smallest absolute Gasteiger partial charge is 0.309 e. The van der Waals surface area contributed by atoms with Crippen LogP contribution in [0.4, 0.5) is 70.2 Å². The molecule has 3 rings (SSSR count). The van der Waals surface area contributed by atoms with Gasteiger partial charge in [-0.25, -0.2) is 0 Å². The van der Waals surface area contributed by atoms with Crippen LogP contribution >= 0.6 is 129 Å². The van der Waals surface area contributed by atoms with E-state index in [0.717, 1.165) is 0 Å². The quantitative estimate of drug-likeness (QED) is 0.178. The first-order valence-corrected chi connectivity index (χ1v) is 28.7. The minimum atomic E-state index is -7.22. The summed E-state index contributed by atoms with van der Waals surface area (Å²) in [6.07, 6.45) is 0. The van der Waals surface area contributed by atoms with Crippen molar-refractivity contribution < 1.29 is 88.3 Å². The maximum Gasteiger partial charge on any atom is 0.380 e. The molecule has 40 heteroatoms. The summed E-state index contributed by atoms with van der Waals surface area (Å²) in [5.74, 6) is -64.4. The fourth-order valence-corrected chi connectivity index (χ4v) is 32.3. The Labute approximate surface area is 316 Å². The molecule has 0 aromatic carbocycles. The summed E-state index contributed by atoms with van der Waals surface area (Å²) in [7, 11) is 0. The molecule has 0 aromatic heterocycles. The van der Waals surface area contributed by atoms with Crippen molar-refractivity contribution in [1.82, 2.24) is 0 Å². The summed E-state index contributed by atoms with van der Waals surface area (Å²) in [6, 6.07) is 0. The van der Waals surface area contributed by atoms with E-state index in [9.17, 15) is 70.2 Å². The molecule has 0 saturated heterocycles. The first-order valence-electron chi connectivity index (χ1n) is 11.6. The van der Waals surface area contributed by atoms with Crippen molar-refractivity contribution in [3.8, 4) is 0 Å². The Hall–Kier alpha value is 2.42. The minimum Gasteiger partial charge on any atom is -0.309 e. The van der Waals surface area contributed by atoms with E-state index in [4.69, 9.17) is 89.9 Å². The molecule has 0 N–H and O–H groups in total. The highest BCUT2D eigenvalue weighted by molar-refractivity contribution is 8.17. The largest absolute Gasteiger partial charge is 0.380 e. The second kappa shape index (κ2) is 14.6. The molecular formula is C12H8Cl8F16N6O4P6. The zero-order chi connectivity index (χ0) is 40.9. The van der Waals surface area contributed by atoms with E-state index >= 15 is 0 Å². The van der Waals surface area contributed by atoms with Crippen molar-refractivity contribution in [2.75, 3.05) is 26.4 Å². The van der Waals surface area contributed by atoms with E-state index in [-0.39, 0.29) is 0 Å². The molecule has 10 nitrogen and oxygen atoms in total. The fraction of sp³-hybridized carbons (Fsp3) is 1.00. The third kappa shape index (κ3) is 9.56. The highest BCUT2D eigenvalue weighted by atomic mass is 35.9. The Bertz CT molecular complexity index is 1630. The maximum atomic E-state index is 14.6. The predicted octanol–water partition coefficient (Wildman–Crippen LogP) is 16.8. The van der Waals surface area contributed by atoms with Crippen molar-refractivity contribution in [2.24, 2.45) is 27.1 Å². The van der Waals surface area contributed by atoms with Gasteiger partial charge in [-0.15, -0.1) is 0 Å². The zero-order valence-corrected chi connectivity index (χ0v) is 34.3. The van der Waals surface area contributed by atoms with Gasteiger partial charge in [0.1, 0.15) is 26.4 Å². The molecule has 0 radical (unpaired) electrons. The van der Waals surface area contributed by atoms with Crippen LogP contribution in [0.2, 0.25) is 0 Å². The highest BCUT2D eigenvalue weighted by Gasteiger charge is 2.82. The van der Waals surface area contributed by atoms with Crippen LogP contribution < -0.4 is 0 Å². The topological polar surface area (TPSA) is 111 Å². The Balaban J connectivity index is 2.28. The Kier molecular flexibility index (Phi) is 13.7. The van der Waals surface area contributed by atoms with Crippen molar-refractivity contribution in [3.63, 3.8) is 0 Å². The van der Waals surface area contributed by atoms with E-state index < -0.39 is 113 Å². The number of alkyl halides is 16. The van der Waals surface area contributed by atoms with Crippen LogP contribution in [-0.2, 0) is 18.1 Å². The number of hydrogen-bond acceptors (Lipinski definition) is 10. The van der Waals surface area contributed by atoms with E-state index in [0.29, 0.717) is 0 Å². The molecular weight excluding hydrogens is 1070 g/mol. The van der Waals surface area contributed by atoms with Gasteiger partial charge < -0.3 is 18.1 Å². The van der Waals surface area contributed by atoms with E-state index in [1.54, 1.807) is 0 Å². The lowest BCUT2D eigenvalue weighted by molar-refractivity contribution is -0.371. The van der Waals surface area contributed by atoms with Gasteiger partial charge in [0, 0.05) is 0 Å². The van der Waals surface area contributed by atoms with Gasteiger partial charge in [0.15, 0.2) is 0 Å². The van der Waals surface area contributed by atoms with Gasteiger partial charge in [-0.05, 0) is 89.9 Å². The summed E-state index contributed by atoms with van der Waals surface area (Å²) >= 11 is 44.8. The number of rotatable bonds is 0. The zero-order valence-electron chi connectivity index (χ0n) is 22.9. The molecule has 0 amide bonds. The van der Waals surface area contributed by atoms with Crippen molar-refractivity contribution in [1.29, 1.82) is 0 Å². The van der Waals surface area contributed by atoms with Crippen molar-refractivity contribution in [3.05, 3.63) is 0 Å². The molecule has 4 bridgehead atoms. The van der Waals surface area contributed by atoms with Crippen LogP contribution in [0.15, 0.2) is 27.1 Å². The Morgan fingerprint density at radius 1 is 0.308 bits per heavy atom. The van der Waals surface area contributed by atoms with E-state index in [1.807, 2.05) is 0 Å². The minimum absolute atomic E-state index is 2.86. The monoisotopic (exact) mass is 1070 g/mol.